The Morgan fingerprint density at radius 3 is 2.87 bits per heavy atom. The largest absolute Gasteiger partial charge is 0.488 e. The van der Waals surface area contributed by atoms with Crippen LogP contribution >= 0.6 is 0 Å². The van der Waals surface area contributed by atoms with Gasteiger partial charge in [0.25, 0.3) is 0 Å². The van der Waals surface area contributed by atoms with Crippen molar-refractivity contribution in [1.29, 1.82) is 0 Å². The van der Waals surface area contributed by atoms with E-state index in [1.807, 2.05) is 49.4 Å². The Bertz CT molecular complexity index is 720. The molecule has 0 fully saturated rings. The fourth-order valence-electron chi connectivity index (χ4n) is 2.61. The van der Waals surface area contributed by atoms with E-state index in [0.717, 1.165) is 23.3 Å². The van der Waals surface area contributed by atoms with E-state index in [-0.39, 0.29) is 17.8 Å². The minimum absolute atomic E-state index is 0.0247. The van der Waals surface area contributed by atoms with Gasteiger partial charge in [0.15, 0.2) is 0 Å². The molecule has 1 amide bonds. The number of ether oxygens (including phenoxy) is 1. The zero-order valence-corrected chi connectivity index (χ0v) is 13.8. The maximum atomic E-state index is 12.2. The normalized spacial score (nSPS) is 17.2. The SMILES string of the molecule is Cc1cccc([S@](=O)CC(=O)NC[C@H]2Cc3ccccc3O2)c1. The summed E-state index contributed by atoms with van der Waals surface area (Å²) in [6.45, 7) is 2.37. The summed E-state index contributed by atoms with van der Waals surface area (Å²) in [6, 6.07) is 15.3. The first-order valence-corrected chi connectivity index (χ1v) is 8.90. The lowest BCUT2D eigenvalue weighted by Crippen LogP contribution is -2.36. The van der Waals surface area contributed by atoms with Crippen molar-refractivity contribution in [3.8, 4) is 5.75 Å². The summed E-state index contributed by atoms with van der Waals surface area (Å²) in [6.07, 6.45) is 0.737. The van der Waals surface area contributed by atoms with Gasteiger partial charge in [-0.05, 0) is 36.2 Å². The molecule has 1 aliphatic heterocycles. The first-order chi connectivity index (χ1) is 11.1. The van der Waals surface area contributed by atoms with Crippen molar-refractivity contribution in [2.24, 2.45) is 0 Å². The molecule has 2 atom stereocenters. The van der Waals surface area contributed by atoms with Gasteiger partial charge in [0.1, 0.15) is 17.6 Å². The highest BCUT2D eigenvalue weighted by atomic mass is 32.2. The van der Waals surface area contributed by atoms with Crippen LogP contribution in [0.1, 0.15) is 11.1 Å². The van der Waals surface area contributed by atoms with Gasteiger partial charge in [-0.15, -0.1) is 0 Å². The van der Waals surface area contributed by atoms with Crippen LogP contribution in [0.5, 0.6) is 5.75 Å². The maximum absolute atomic E-state index is 12.2. The van der Waals surface area contributed by atoms with Crippen molar-refractivity contribution in [3.05, 3.63) is 59.7 Å². The highest BCUT2D eigenvalue weighted by Gasteiger charge is 2.22. The number of amides is 1. The summed E-state index contributed by atoms with van der Waals surface area (Å²) in [5.41, 5.74) is 2.20. The predicted molar refractivity (Wildman–Crippen MR) is 90.0 cm³/mol. The molecule has 0 aromatic heterocycles. The molecule has 3 rings (SSSR count). The number of para-hydroxylation sites is 1. The molecule has 1 aliphatic rings. The van der Waals surface area contributed by atoms with Gasteiger partial charge >= 0.3 is 0 Å². The van der Waals surface area contributed by atoms with Gasteiger partial charge in [-0.25, -0.2) is 0 Å². The van der Waals surface area contributed by atoms with Crippen LogP contribution in [0.3, 0.4) is 0 Å². The van der Waals surface area contributed by atoms with E-state index >= 15 is 0 Å². The fourth-order valence-corrected chi connectivity index (χ4v) is 3.66. The number of carbonyl (C=O) groups excluding carboxylic acids is 1. The summed E-state index contributed by atoms with van der Waals surface area (Å²) in [7, 11) is -1.32. The number of aryl methyl sites for hydroxylation is 1. The standard InChI is InChI=1S/C18H19NO3S/c1-13-5-4-7-16(9-13)23(21)12-18(20)19-11-15-10-14-6-2-3-8-17(14)22-15/h2-9,15H,10-12H2,1H3,(H,19,20)/t15-,23-/m1/s1. The van der Waals surface area contributed by atoms with Crippen molar-refractivity contribution >= 4 is 16.7 Å². The molecule has 120 valence electrons. The van der Waals surface area contributed by atoms with Gasteiger partial charge in [-0.3, -0.25) is 9.00 Å². The number of hydrogen-bond donors (Lipinski definition) is 1. The first-order valence-electron chi connectivity index (χ1n) is 7.58. The van der Waals surface area contributed by atoms with Crippen LogP contribution < -0.4 is 10.1 Å². The van der Waals surface area contributed by atoms with Gasteiger partial charge in [0.05, 0.1) is 17.3 Å². The van der Waals surface area contributed by atoms with Crippen LogP contribution in [-0.4, -0.2) is 28.5 Å². The van der Waals surface area contributed by atoms with Crippen LogP contribution in [0.25, 0.3) is 0 Å². The first kappa shape index (κ1) is 15.7. The highest BCUT2D eigenvalue weighted by molar-refractivity contribution is 7.85. The molecule has 5 heteroatoms. The molecule has 0 unspecified atom stereocenters. The third-order valence-corrected chi connectivity index (χ3v) is 5.06. The molecular formula is C18H19NO3S. The fraction of sp³-hybridized carbons (Fsp3) is 0.278. The Morgan fingerprint density at radius 2 is 2.09 bits per heavy atom. The summed E-state index contributed by atoms with van der Waals surface area (Å²) in [5.74, 6) is 0.642. The molecular weight excluding hydrogens is 310 g/mol. The number of fused-ring (bicyclic) bond motifs is 1. The van der Waals surface area contributed by atoms with Crippen LogP contribution in [0, 0.1) is 6.92 Å². The quantitative estimate of drug-likeness (QED) is 0.915. The molecule has 0 saturated carbocycles. The Labute approximate surface area is 138 Å². The number of benzene rings is 2. The molecule has 1 N–H and O–H groups in total. The van der Waals surface area contributed by atoms with E-state index in [0.29, 0.717) is 11.4 Å². The van der Waals surface area contributed by atoms with E-state index in [1.165, 1.54) is 0 Å². The summed E-state index contributed by atoms with van der Waals surface area (Å²) in [4.78, 5) is 12.7. The third kappa shape index (κ3) is 3.99. The zero-order chi connectivity index (χ0) is 16.2. The lowest BCUT2D eigenvalue weighted by molar-refractivity contribution is -0.118. The summed E-state index contributed by atoms with van der Waals surface area (Å²) >= 11 is 0. The molecule has 1 heterocycles. The van der Waals surface area contributed by atoms with E-state index in [4.69, 9.17) is 4.74 Å². The zero-order valence-electron chi connectivity index (χ0n) is 13.0. The minimum atomic E-state index is -1.32. The van der Waals surface area contributed by atoms with Gasteiger partial charge in [0.2, 0.25) is 5.91 Å². The van der Waals surface area contributed by atoms with E-state index in [2.05, 4.69) is 5.32 Å². The number of carbonyl (C=O) groups is 1. The molecule has 0 spiro atoms. The van der Waals surface area contributed by atoms with Crippen molar-refractivity contribution in [2.45, 2.75) is 24.3 Å². The van der Waals surface area contributed by atoms with Crippen molar-refractivity contribution in [2.75, 3.05) is 12.3 Å². The number of rotatable bonds is 5. The lowest BCUT2D eigenvalue weighted by atomic mass is 10.1. The lowest BCUT2D eigenvalue weighted by Gasteiger charge is -2.12. The molecule has 0 bridgehead atoms. The van der Waals surface area contributed by atoms with Gasteiger partial charge in [-0.1, -0.05) is 30.3 Å². The second-order valence-electron chi connectivity index (χ2n) is 5.66. The Hall–Kier alpha value is -2.14. The molecule has 0 saturated heterocycles. The second kappa shape index (κ2) is 6.96. The Kier molecular flexibility index (Phi) is 4.76. The number of nitrogens with one attached hydrogen (secondary N) is 1. The predicted octanol–water partition coefficient (Wildman–Crippen LogP) is 2.22. The van der Waals surface area contributed by atoms with E-state index in [1.54, 1.807) is 6.07 Å². The minimum Gasteiger partial charge on any atom is -0.488 e. The van der Waals surface area contributed by atoms with E-state index < -0.39 is 10.8 Å². The van der Waals surface area contributed by atoms with Gasteiger partial charge < -0.3 is 10.1 Å². The second-order valence-corrected chi connectivity index (χ2v) is 7.11. The van der Waals surface area contributed by atoms with Gasteiger partial charge in [-0.2, -0.15) is 0 Å². The van der Waals surface area contributed by atoms with Crippen molar-refractivity contribution in [1.82, 2.24) is 5.32 Å². The molecule has 4 nitrogen and oxygen atoms in total. The third-order valence-electron chi connectivity index (χ3n) is 3.76. The molecule has 2 aromatic carbocycles. The topological polar surface area (TPSA) is 55.4 Å². The summed E-state index contributed by atoms with van der Waals surface area (Å²) in [5, 5.41) is 2.82. The Balaban J connectivity index is 1.48. The van der Waals surface area contributed by atoms with E-state index in [9.17, 15) is 9.00 Å². The molecule has 0 radical (unpaired) electrons. The van der Waals surface area contributed by atoms with Gasteiger partial charge in [0, 0.05) is 11.3 Å². The average Bonchev–Trinajstić information content (AvgIpc) is 2.96. The van der Waals surface area contributed by atoms with Crippen molar-refractivity contribution in [3.63, 3.8) is 0 Å². The van der Waals surface area contributed by atoms with Crippen LogP contribution in [0.15, 0.2) is 53.4 Å². The van der Waals surface area contributed by atoms with Crippen LogP contribution in [0.4, 0.5) is 0 Å². The van der Waals surface area contributed by atoms with Crippen molar-refractivity contribution < 1.29 is 13.7 Å². The van der Waals surface area contributed by atoms with Crippen LogP contribution in [0.2, 0.25) is 0 Å². The highest BCUT2D eigenvalue weighted by Crippen LogP contribution is 2.27. The van der Waals surface area contributed by atoms with Crippen LogP contribution in [-0.2, 0) is 22.0 Å². The molecule has 23 heavy (non-hydrogen) atoms. The Morgan fingerprint density at radius 1 is 1.26 bits per heavy atom. The smallest absolute Gasteiger partial charge is 0.233 e. The molecule has 0 aliphatic carbocycles. The maximum Gasteiger partial charge on any atom is 0.233 e. The monoisotopic (exact) mass is 329 g/mol. The summed E-state index contributed by atoms with van der Waals surface area (Å²) < 4.78 is 18.0. The average molecular weight is 329 g/mol. The number of hydrogen-bond acceptors (Lipinski definition) is 3. The molecule has 2 aromatic rings.